The van der Waals surface area contributed by atoms with E-state index in [0.717, 1.165) is 34.9 Å². The molecule has 0 radical (unpaired) electrons. The van der Waals surface area contributed by atoms with E-state index in [0.29, 0.717) is 0 Å². The van der Waals surface area contributed by atoms with Crippen LogP contribution in [0.1, 0.15) is 11.4 Å². The highest BCUT2D eigenvalue weighted by Crippen LogP contribution is 2.18. The van der Waals surface area contributed by atoms with Crippen molar-refractivity contribution in [3.63, 3.8) is 0 Å². The van der Waals surface area contributed by atoms with Crippen molar-refractivity contribution >= 4 is 21.8 Å². The lowest BCUT2D eigenvalue weighted by Crippen LogP contribution is -2.08. The maximum atomic E-state index is 4.40. The molecule has 5 heteroatoms. The van der Waals surface area contributed by atoms with Gasteiger partial charge in [-0.3, -0.25) is 0 Å². The van der Waals surface area contributed by atoms with Crippen LogP contribution in [0.4, 0.5) is 0 Å². The van der Waals surface area contributed by atoms with Crippen molar-refractivity contribution in [3.05, 3.63) is 17.4 Å². The second kappa shape index (κ2) is 4.43. The topological polar surface area (TPSA) is 50.7 Å². The molecule has 1 N–H and O–H groups in total. The average molecular weight is 208 g/mol. The smallest absolute Gasteiger partial charge is 0.189 e. The molecular formula is C9H12N4S. The molecule has 2 heterocycles. The molecule has 4 nitrogen and oxygen atoms in total. The minimum Gasteiger partial charge on any atom is -0.320 e. The summed E-state index contributed by atoms with van der Waals surface area (Å²) in [5.74, 6) is 0. The first-order valence-corrected chi connectivity index (χ1v) is 5.43. The van der Waals surface area contributed by atoms with Crippen molar-refractivity contribution in [3.8, 4) is 0 Å². The Balaban J connectivity index is 2.11. The number of aryl methyl sites for hydroxylation is 1. The number of nitrogens with zero attached hydrogens (tertiary/aromatic N) is 3. The Bertz CT molecular complexity index is 379. The summed E-state index contributed by atoms with van der Waals surface area (Å²) >= 11 is 1.64. The van der Waals surface area contributed by atoms with Crippen LogP contribution in [-0.4, -0.2) is 28.5 Å². The van der Waals surface area contributed by atoms with Gasteiger partial charge in [0.25, 0.3) is 0 Å². The van der Waals surface area contributed by atoms with E-state index >= 15 is 0 Å². The van der Waals surface area contributed by atoms with Gasteiger partial charge in [-0.25, -0.2) is 15.0 Å². The number of thiazole rings is 1. The first kappa shape index (κ1) is 9.48. The van der Waals surface area contributed by atoms with Gasteiger partial charge in [0, 0.05) is 18.8 Å². The molecule has 0 aliphatic rings. The zero-order valence-electron chi connectivity index (χ0n) is 8.03. The summed E-state index contributed by atoms with van der Waals surface area (Å²) in [5, 5.41) is 4.24. The van der Waals surface area contributed by atoms with Gasteiger partial charge in [-0.1, -0.05) is 11.3 Å². The molecule has 0 saturated carbocycles. The molecule has 0 amide bonds. The second-order valence-corrected chi connectivity index (χ2v) is 4.06. The molecule has 0 aliphatic carbocycles. The maximum absolute atomic E-state index is 4.40. The minimum atomic E-state index is 0.775. The number of aromatic nitrogens is 3. The zero-order valence-corrected chi connectivity index (χ0v) is 8.84. The van der Waals surface area contributed by atoms with E-state index in [4.69, 9.17) is 0 Å². The van der Waals surface area contributed by atoms with E-state index < -0.39 is 0 Å². The number of hydrogen-bond donors (Lipinski definition) is 1. The molecule has 0 spiro atoms. The lowest BCUT2D eigenvalue weighted by atomic mass is 10.3. The monoisotopic (exact) mass is 208 g/mol. The van der Waals surface area contributed by atoms with Crippen molar-refractivity contribution in [1.82, 2.24) is 20.3 Å². The van der Waals surface area contributed by atoms with Crippen molar-refractivity contribution < 1.29 is 0 Å². The number of fused-ring (bicyclic) bond motifs is 1. The lowest BCUT2D eigenvalue weighted by Gasteiger charge is -1.94. The molecule has 0 atom stereocenters. The number of rotatable bonds is 4. The largest absolute Gasteiger partial charge is 0.320 e. The van der Waals surface area contributed by atoms with E-state index in [1.54, 1.807) is 23.7 Å². The van der Waals surface area contributed by atoms with Crippen LogP contribution >= 0.6 is 11.3 Å². The van der Waals surface area contributed by atoms with Crippen molar-refractivity contribution in [2.24, 2.45) is 0 Å². The van der Waals surface area contributed by atoms with Gasteiger partial charge in [-0.15, -0.1) is 0 Å². The van der Waals surface area contributed by atoms with E-state index in [2.05, 4.69) is 20.3 Å². The third kappa shape index (κ3) is 2.05. The van der Waals surface area contributed by atoms with Crippen LogP contribution in [0.3, 0.4) is 0 Å². The van der Waals surface area contributed by atoms with Crippen LogP contribution in [0.2, 0.25) is 0 Å². The van der Waals surface area contributed by atoms with Gasteiger partial charge in [-0.05, 0) is 20.0 Å². The quantitative estimate of drug-likeness (QED) is 0.768. The summed E-state index contributed by atoms with van der Waals surface area (Å²) in [6.45, 7) is 1.02. The zero-order chi connectivity index (χ0) is 9.80. The van der Waals surface area contributed by atoms with Gasteiger partial charge < -0.3 is 5.32 Å². The summed E-state index contributed by atoms with van der Waals surface area (Å²) in [6, 6.07) is 0. The molecule has 14 heavy (non-hydrogen) atoms. The van der Waals surface area contributed by atoms with Gasteiger partial charge in [0.2, 0.25) is 0 Å². The van der Waals surface area contributed by atoms with Crippen molar-refractivity contribution in [1.29, 1.82) is 0 Å². The van der Waals surface area contributed by atoms with E-state index in [1.807, 2.05) is 7.05 Å². The molecule has 2 rings (SSSR count). The highest BCUT2D eigenvalue weighted by molar-refractivity contribution is 7.18. The molecule has 74 valence electrons. The number of hydrogen-bond acceptors (Lipinski definition) is 5. The Morgan fingerprint density at radius 1 is 1.36 bits per heavy atom. The third-order valence-corrected chi connectivity index (χ3v) is 2.92. The Morgan fingerprint density at radius 3 is 3.00 bits per heavy atom. The SMILES string of the molecule is CNCCCc1nc2nccnc2s1. The minimum absolute atomic E-state index is 0.775. The molecular weight excluding hydrogens is 196 g/mol. The van der Waals surface area contributed by atoms with Crippen LogP contribution in [0, 0.1) is 0 Å². The van der Waals surface area contributed by atoms with E-state index in [9.17, 15) is 0 Å². The van der Waals surface area contributed by atoms with Gasteiger partial charge in [-0.2, -0.15) is 0 Å². The van der Waals surface area contributed by atoms with Crippen LogP contribution in [0.15, 0.2) is 12.4 Å². The Labute approximate surface area is 86.4 Å². The number of nitrogens with one attached hydrogen (secondary N) is 1. The highest BCUT2D eigenvalue weighted by Gasteiger charge is 2.04. The molecule has 0 fully saturated rings. The fraction of sp³-hybridized carbons (Fsp3) is 0.444. The fourth-order valence-corrected chi connectivity index (χ4v) is 2.15. The summed E-state index contributed by atoms with van der Waals surface area (Å²) in [4.78, 5) is 13.7. The van der Waals surface area contributed by atoms with Gasteiger partial charge in [0.05, 0.1) is 5.01 Å². The normalized spacial score (nSPS) is 10.9. The maximum Gasteiger partial charge on any atom is 0.189 e. The Hall–Kier alpha value is -1.07. The summed E-state index contributed by atoms with van der Waals surface area (Å²) in [7, 11) is 1.96. The van der Waals surface area contributed by atoms with Crippen molar-refractivity contribution in [2.45, 2.75) is 12.8 Å². The first-order chi connectivity index (χ1) is 6.90. The molecule has 0 aromatic carbocycles. The molecule has 0 bridgehead atoms. The van der Waals surface area contributed by atoms with Crippen LogP contribution in [-0.2, 0) is 6.42 Å². The molecule has 0 unspecified atom stereocenters. The van der Waals surface area contributed by atoms with E-state index in [-0.39, 0.29) is 0 Å². The lowest BCUT2D eigenvalue weighted by molar-refractivity contribution is 0.723. The predicted molar refractivity (Wildman–Crippen MR) is 57.5 cm³/mol. The van der Waals surface area contributed by atoms with Gasteiger partial charge >= 0.3 is 0 Å². The van der Waals surface area contributed by atoms with Gasteiger partial charge in [0.15, 0.2) is 10.5 Å². The van der Waals surface area contributed by atoms with Crippen molar-refractivity contribution in [2.75, 3.05) is 13.6 Å². The van der Waals surface area contributed by atoms with Crippen LogP contribution in [0.5, 0.6) is 0 Å². The molecule has 2 aromatic heterocycles. The summed E-state index contributed by atoms with van der Waals surface area (Å²) in [6.07, 6.45) is 5.50. The summed E-state index contributed by atoms with van der Waals surface area (Å²) < 4.78 is 0. The molecule has 0 saturated heterocycles. The fourth-order valence-electron chi connectivity index (χ4n) is 1.24. The van der Waals surface area contributed by atoms with Crippen LogP contribution in [0.25, 0.3) is 10.5 Å². The molecule has 0 aliphatic heterocycles. The van der Waals surface area contributed by atoms with Gasteiger partial charge in [0.1, 0.15) is 0 Å². The summed E-state index contributed by atoms with van der Waals surface area (Å²) in [5.41, 5.74) is 0.775. The Kier molecular flexibility index (Phi) is 3.00. The van der Waals surface area contributed by atoms with Crippen LogP contribution < -0.4 is 5.32 Å². The average Bonchev–Trinajstić information content (AvgIpc) is 2.60. The first-order valence-electron chi connectivity index (χ1n) is 4.61. The molecule has 2 aromatic rings. The highest BCUT2D eigenvalue weighted by atomic mass is 32.1. The Morgan fingerprint density at radius 2 is 2.21 bits per heavy atom. The second-order valence-electron chi connectivity index (χ2n) is 3.00. The van der Waals surface area contributed by atoms with E-state index in [1.165, 1.54) is 0 Å². The third-order valence-electron chi connectivity index (χ3n) is 1.91. The predicted octanol–water partition coefficient (Wildman–Crippen LogP) is 1.24. The standard InChI is InChI=1S/C9H12N4S/c1-10-4-2-3-7-13-8-9(14-7)12-6-5-11-8/h5-6,10H,2-4H2,1H3.